The summed E-state index contributed by atoms with van der Waals surface area (Å²) in [5.41, 5.74) is 3.13. The summed E-state index contributed by atoms with van der Waals surface area (Å²) < 4.78 is 0. The second-order valence-electron chi connectivity index (χ2n) is 8.87. The number of carbonyl (C=O) groups is 1. The molecule has 34 heavy (non-hydrogen) atoms. The fraction of sp³-hybridized carbons (Fsp3) is 0.333. The SMILES string of the molecule is N#C[C@@H](C(=O)NC1CC1)c1nc2ccccc2nc1N1CCN(C/C=C/c2ccccc2)CC1. The maximum atomic E-state index is 12.8. The zero-order valence-electron chi connectivity index (χ0n) is 19.1. The normalized spacial score (nSPS) is 17.6. The molecule has 3 aromatic rings. The molecule has 1 amide bonds. The first-order valence-corrected chi connectivity index (χ1v) is 11.9. The largest absolute Gasteiger partial charge is 0.352 e. The average Bonchev–Trinajstić information content (AvgIpc) is 3.69. The van der Waals surface area contributed by atoms with Crippen molar-refractivity contribution in [2.24, 2.45) is 0 Å². The Balaban J connectivity index is 1.33. The fourth-order valence-electron chi connectivity index (χ4n) is 4.23. The van der Waals surface area contributed by atoms with Crippen molar-refractivity contribution in [1.29, 1.82) is 5.26 Å². The van der Waals surface area contributed by atoms with Gasteiger partial charge in [-0.05, 0) is 30.5 Å². The Morgan fingerprint density at radius 3 is 2.38 bits per heavy atom. The fourth-order valence-corrected chi connectivity index (χ4v) is 4.23. The van der Waals surface area contributed by atoms with Gasteiger partial charge in [0.25, 0.3) is 0 Å². The third-order valence-electron chi connectivity index (χ3n) is 6.31. The second-order valence-corrected chi connectivity index (χ2v) is 8.87. The van der Waals surface area contributed by atoms with E-state index in [9.17, 15) is 10.1 Å². The summed E-state index contributed by atoms with van der Waals surface area (Å²) in [6.07, 6.45) is 6.29. The van der Waals surface area contributed by atoms with E-state index in [1.807, 2.05) is 42.5 Å². The highest BCUT2D eigenvalue weighted by Crippen LogP contribution is 2.29. The molecule has 1 aliphatic carbocycles. The van der Waals surface area contributed by atoms with Crippen molar-refractivity contribution in [1.82, 2.24) is 20.2 Å². The molecule has 0 radical (unpaired) electrons. The lowest BCUT2D eigenvalue weighted by molar-refractivity contribution is -0.121. The summed E-state index contributed by atoms with van der Waals surface area (Å²) in [6.45, 7) is 4.16. The van der Waals surface area contributed by atoms with Gasteiger partial charge in [-0.3, -0.25) is 9.69 Å². The van der Waals surface area contributed by atoms with Gasteiger partial charge in [-0.1, -0.05) is 54.6 Å². The van der Waals surface area contributed by atoms with Crippen LogP contribution in [0.1, 0.15) is 30.0 Å². The molecule has 1 saturated heterocycles. The summed E-state index contributed by atoms with van der Waals surface area (Å²) in [7, 11) is 0. The van der Waals surface area contributed by atoms with Crippen molar-refractivity contribution in [2.45, 2.75) is 24.8 Å². The van der Waals surface area contributed by atoms with Gasteiger partial charge in [-0.15, -0.1) is 0 Å². The standard InChI is InChI=1S/C27H28N6O/c28-19-22(27(34)29-21-12-13-21)25-26(31-24-11-5-4-10-23(24)30-25)33-17-15-32(16-18-33)14-6-9-20-7-2-1-3-8-20/h1-11,21-22H,12-18H2,(H,29,34)/b9-6+/t22-/m1/s1. The highest BCUT2D eigenvalue weighted by Gasteiger charge is 2.33. The van der Waals surface area contributed by atoms with Crippen LogP contribution >= 0.6 is 0 Å². The van der Waals surface area contributed by atoms with Crippen molar-refractivity contribution in [3.8, 4) is 6.07 Å². The van der Waals surface area contributed by atoms with Gasteiger partial charge in [0.15, 0.2) is 11.7 Å². The number of aromatic nitrogens is 2. The zero-order chi connectivity index (χ0) is 23.3. The number of hydrogen-bond acceptors (Lipinski definition) is 6. The molecule has 172 valence electrons. The Labute approximate surface area is 199 Å². The lowest BCUT2D eigenvalue weighted by atomic mass is 10.0. The van der Waals surface area contributed by atoms with Crippen LogP contribution in [0.2, 0.25) is 0 Å². The molecule has 2 aromatic carbocycles. The molecular formula is C27H28N6O. The quantitative estimate of drug-likeness (QED) is 0.592. The van der Waals surface area contributed by atoms with Crippen molar-refractivity contribution in [3.63, 3.8) is 0 Å². The highest BCUT2D eigenvalue weighted by atomic mass is 16.2. The molecule has 5 rings (SSSR count). The molecule has 7 heteroatoms. The number of piperazine rings is 1. The van der Waals surface area contributed by atoms with Gasteiger partial charge in [0.2, 0.25) is 5.91 Å². The Morgan fingerprint density at radius 2 is 1.71 bits per heavy atom. The van der Waals surface area contributed by atoms with Gasteiger partial charge in [-0.2, -0.15) is 5.26 Å². The Kier molecular flexibility index (Phi) is 6.50. The lowest BCUT2D eigenvalue weighted by Crippen LogP contribution is -2.47. The zero-order valence-corrected chi connectivity index (χ0v) is 19.1. The van der Waals surface area contributed by atoms with E-state index in [1.165, 1.54) is 5.56 Å². The molecule has 1 aromatic heterocycles. The van der Waals surface area contributed by atoms with Gasteiger partial charge in [0.05, 0.1) is 17.1 Å². The Hall–Kier alpha value is -3.76. The highest BCUT2D eigenvalue weighted by molar-refractivity contribution is 5.89. The van der Waals surface area contributed by atoms with Crippen molar-refractivity contribution < 1.29 is 4.79 Å². The molecular weight excluding hydrogens is 424 g/mol. The van der Waals surface area contributed by atoms with Gasteiger partial charge >= 0.3 is 0 Å². The van der Waals surface area contributed by atoms with Crippen LogP contribution in [0.25, 0.3) is 17.1 Å². The molecule has 1 aliphatic heterocycles. The van der Waals surface area contributed by atoms with Gasteiger partial charge in [0.1, 0.15) is 5.69 Å². The molecule has 1 atom stereocenters. The summed E-state index contributed by atoms with van der Waals surface area (Å²) in [6, 6.07) is 20.3. The predicted octanol–water partition coefficient (Wildman–Crippen LogP) is 3.35. The number of nitrogens with one attached hydrogen (secondary N) is 1. The monoisotopic (exact) mass is 452 g/mol. The van der Waals surface area contributed by atoms with Crippen molar-refractivity contribution >= 4 is 28.8 Å². The first kappa shape index (κ1) is 22.1. The minimum atomic E-state index is -0.973. The Morgan fingerprint density at radius 1 is 1.03 bits per heavy atom. The predicted molar refractivity (Wildman–Crippen MR) is 133 cm³/mol. The van der Waals surface area contributed by atoms with Crippen molar-refractivity contribution in [2.75, 3.05) is 37.6 Å². The molecule has 0 unspecified atom stereocenters. The summed E-state index contributed by atoms with van der Waals surface area (Å²) in [5.74, 6) is -0.601. The molecule has 2 heterocycles. The second kappa shape index (κ2) is 10.0. The summed E-state index contributed by atoms with van der Waals surface area (Å²) in [5, 5.41) is 12.9. The maximum absolute atomic E-state index is 12.8. The molecule has 7 nitrogen and oxygen atoms in total. The Bertz CT molecular complexity index is 1220. The van der Waals surface area contributed by atoms with E-state index in [1.54, 1.807) is 0 Å². The van der Waals surface area contributed by atoms with E-state index in [0.717, 1.165) is 51.1 Å². The van der Waals surface area contributed by atoms with Gasteiger partial charge in [0, 0.05) is 38.8 Å². The minimum Gasteiger partial charge on any atom is -0.352 e. The number of nitrogens with zero attached hydrogens (tertiary/aromatic N) is 5. The molecule has 1 N–H and O–H groups in total. The van der Waals surface area contributed by atoms with E-state index in [0.29, 0.717) is 17.0 Å². The molecule has 2 aliphatic rings. The number of carbonyl (C=O) groups excluding carboxylic acids is 1. The smallest absolute Gasteiger partial charge is 0.243 e. The molecule has 2 fully saturated rings. The molecule has 0 bridgehead atoms. The van der Waals surface area contributed by atoms with Crippen LogP contribution in [0.5, 0.6) is 0 Å². The van der Waals surface area contributed by atoms with E-state index in [-0.39, 0.29) is 11.9 Å². The number of hydrogen-bond donors (Lipinski definition) is 1. The van der Waals surface area contributed by atoms with Gasteiger partial charge < -0.3 is 10.2 Å². The number of fused-ring (bicyclic) bond motifs is 1. The van der Waals surface area contributed by atoms with Crippen LogP contribution in [-0.4, -0.2) is 59.5 Å². The summed E-state index contributed by atoms with van der Waals surface area (Å²) >= 11 is 0. The third kappa shape index (κ3) is 5.08. The number of anilines is 1. The van der Waals surface area contributed by atoms with Crippen LogP contribution < -0.4 is 10.2 Å². The topological polar surface area (TPSA) is 85.1 Å². The van der Waals surface area contributed by atoms with Gasteiger partial charge in [-0.25, -0.2) is 9.97 Å². The van der Waals surface area contributed by atoms with E-state index >= 15 is 0 Å². The number of rotatable bonds is 7. The molecule has 0 spiro atoms. The third-order valence-corrected chi connectivity index (χ3v) is 6.31. The number of benzene rings is 2. The lowest BCUT2D eigenvalue weighted by Gasteiger charge is -2.35. The van der Waals surface area contributed by atoms with E-state index in [4.69, 9.17) is 9.97 Å². The number of nitriles is 1. The van der Waals surface area contributed by atoms with Crippen LogP contribution in [0.4, 0.5) is 5.82 Å². The first-order chi connectivity index (χ1) is 16.7. The van der Waals surface area contributed by atoms with Crippen LogP contribution in [0.15, 0.2) is 60.7 Å². The summed E-state index contributed by atoms with van der Waals surface area (Å²) in [4.78, 5) is 27.0. The van der Waals surface area contributed by atoms with Crippen LogP contribution in [0, 0.1) is 11.3 Å². The van der Waals surface area contributed by atoms with Crippen LogP contribution in [0.3, 0.4) is 0 Å². The average molecular weight is 453 g/mol. The maximum Gasteiger partial charge on any atom is 0.243 e. The number of para-hydroxylation sites is 2. The van der Waals surface area contributed by atoms with Crippen LogP contribution in [-0.2, 0) is 4.79 Å². The molecule has 1 saturated carbocycles. The van der Waals surface area contributed by atoms with Crippen molar-refractivity contribution in [3.05, 3.63) is 71.9 Å². The minimum absolute atomic E-state index is 0.188. The van der Waals surface area contributed by atoms with E-state index in [2.05, 4.69) is 45.5 Å². The first-order valence-electron chi connectivity index (χ1n) is 11.9. The van der Waals surface area contributed by atoms with E-state index < -0.39 is 5.92 Å². The number of amides is 1.